The SMILES string of the molecule is COCC(=O)Nc1ccc(N2C(=S)N[C@H](c3ccccn3)[C@H]2c2cc(C)n(C3CC3)c2C)cc1Cl. The molecule has 0 unspecified atom stereocenters. The number of rotatable bonds is 7. The lowest BCUT2D eigenvalue weighted by molar-refractivity contribution is -0.119. The fourth-order valence-electron chi connectivity index (χ4n) is 5.02. The summed E-state index contributed by atoms with van der Waals surface area (Å²) in [5, 5.41) is 7.32. The van der Waals surface area contributed by atoms with Gasteiger partial charge in [-0.05, 0) is 80.9 Å². The molecule has 2 atom stereocenters. The fourth-order valence-corrected chi connectivity index (χ4v) is 5.59. The molecule has 2 fully saturated rings. The quantitative estimate of drug-likeness (QED) is 0.424. The molecule has 1 saturated carbocycles. The number of nitrogens with zero attached hydrogens (tertiary/aromatic N) is 3. The molecule has 9 heteroatoms. The molecule has 7 nitrogen and oxygen atoms in total. The number of aryl methyl sites for hydroxylation is 1. The van der Waals surface area contributed by atoms with Gasteiger partial charge in [0.2, 0.25) is 5.91 Å². The van der Waals surface area contributed by atoms with Crippen LogP contribution in [0.4, 0.5) is 11.4 Å². The average molecular weight is 510 g/mol. The molecule has 0 bridgehead atoms. The van der Waals surface area contributed by atoms with Crippen LogP contribution in [-0.2, 0) is 9.53 Å². The lowest BCUT2D eigenvalue weighted by atomic mass is 9.96. The van der Waals surface area contributed by atoms with E-state index < -0.39 is 0 Å². The molecule has 1 aliphatic carbocycles. The van der Waals surface area contributed by atoms with Crippen molar-refractivity contribution in [2.45, 2.75) is 44.8 Å². The first-order chi connectivity index (χ1) is 16.9. The molecule has 1 saturated heterocycles. The minimum atomic E-state index is -0.263. The number of nitrogens with one attached hydrogen (secondary N) is 2. The Morgan fingerprint density at radius 1 is 1.26 bits per heavy atom. The van der Waals surface area contributed by atoms with Crippen molar-refractivity contribution in [1.82, 2.24) is 14.9 Å². The van der Waals surface area contributed by atoms with Gasteiger partial charge in [0.05, 0.1) is 28.5 Å². The predicted molar refractivity (Wildman–Crippen MR) is 142 cm³/mol. The van der Waals surface area contributed by atoms with E-state index in [4.69, 9.17) is 28.6 Å². The van der Waals surface area contributed by atoms with Gasteiger partial charge in [0.25, 0.3) is 0 Å². The third-order valence-corrected chi connectivity index (χ3v) is 7.26. The second-order valence-corrected chi connectivity index (χ2v) is 9.86. The van der Waals surface area contributed by atoms with Gasteiger partial charge in [0, 0.05) is 36.4 Å². The summed E-state index contributed by atoms with van der Waals surface area (Å²) in [5.74, 6) is -0.263. The molecule has 0 spiro atoms. The van der Waals surface area contributed by atoms with Gasteiger partial charge in [-0.15, -0.1) is 0 Å². The molecular formula is C26H28ClN5O2S. The fraction of sp³-hybridized carbons (Fsp3) is 0.346. The van der Waals surface area contributed by atoms with Crippen molar-refractivity contribution in [2.24, 2.45) is 0 Å². The lowest BCUT2D eigenvalue weighted by Crippen LogP contribution is -2.29. The van der Waals surface area contributed by atoms with Crippen LogP contribution in [0.3, 0.4) is 0 Å². The molecule has 2 aliphatic rings. The summed E-state index contributed by atoms with van der Waals surface area (Å²) < 4.78 is 7.35. The van der Waals surface area contributed by atoms with Crippen LogP contribution >= 0.6 is 23.8 Å². The van der Waals surface area contributed by atoms with Gasteiger partial charge in [-0.1, -0.05) is 17.7 Å². The summed E-state index contributed by atoms with van der Waals surface area (Å²) in [6.07, 6.45) is 4.24. The van der Waals surface area contributed by atoms with E-state index in [0.717, 1.165) is 11.4 Å². The number of benzene rings is 1. The Hall–Kier alpha value is -2.94. The third kappa shape index (κ3) is 4.53. The normalized spacial score (nSPS) is 19.7. The van der Waals surface area contributed by atoms with Gasteiger partial charge in [-0.2, -0.15) is 0 Å². The number of amides is 1. The van der Waals surface area contributed by atoms with Crippen LogP contribution in [0.5, 0.6) is 0 Å². The lowest BCUT2D eigenvalue weighted by Gasteiger charge is -2.28. The number of ether oxygens (including phenoxy) is 1. The highest BCUT2D eigenvalue weighted by atomic mass is 35.5. The highest BCUT2D eigenvalue weighted by Crippen LogP contribution is 2.46. The summed E-state index contributed by atoms with van der Waals surface area (Å²) >= 11 is 12.4. The van der Waals surface area contributed by atoms with Gasteiger partial charge < -0.3 is 24.8 Å². The number of carbonyl (C=O) groups is 1. The largest absolute Gasteiger partial charge is 0.375 e. The van der Waals surface area contributed by atoms with Gasteiger partial charge in [0.1, 0.15) is 6.61 Å². The zero-order chi connectivity index (χ0) is 24.7. The van der Waals surface area contributed by atoms with Crippen LogP contribution in [0, 0.1) is 13.8 Å². The monoisotopic (exact) mass is 509 g/mol. The number of methoxy groups -OCH3 is 1. The Labute approximate surface area is 215 Å². The van der Waals surface area contributed by atoms with Crippen molar-refractivity contribution < 1.29 is 9.53 Å². The summed E-state index contributed by atoms with van der Waals surface area (Å²) in [6, 6.07) is 14.1. The predicted octanol–water partition coefficient (Wildman–Crippen LogP) is 5.25. The molecule has 1 amide bonds. The van der Waals surface area contributed by atoms with E-state index in [2.05, 4.69) is 45.0 Å². The summed E-state index contributed by atoms with van der Waals surface area (Å²) in [5.41, 5.74) is 6.02. The van der Waals surface area contributed by atoms with Crippen molar-refractivity contribution in [1.29, 1.82) is 0 Å². The molecule has 1 aliphatic heterocycles. The number of carbonyl (C=O) groups excluding carboxylic acids is 1. The molecule has 3 aromatic rings. The number of hydrogen-bond acceptors (Lipinski definition) is 4. The highest BCUT2D eigenvalue weighted by Gasteiger charge is 2.43. The van der Waals surface area contributed by atoms with Gasteiger partial charge >= 0.3 is 0 Å². The second kappa shape index (κ2) is 9.60. The molecule has 1 aromatic carbocycles. The number of aromatic nitrogens is 2. The van der Waals surface area contributed by atoms with Crippen molar-refractivity contribution in [2.75, 3.05) is 23.9 Å². The van der Waals surface area contributed by atoms with E-state index in [-0.39, 0.29) is 24.6 Å². The summed E-state index contributed by atoms with van der Waals surface area (Å²) in [7, 11) is 1.48. The van der Waals surface area contributed by atoms with Crippen LogP contribution < -0.4 is 15.5 Å². The van der Waals surface area contributed by atoms with Gasteiger partial charge in [-0.25, -0.2) is 0 Å². The number of halogens is 1. The number of hydrogen-bond donors (Lipinski definition) is 2. The molecule has 2 aromatic heterocycles. The van der Waals surface area contributed by atoms with E-state index in [1.54, 1.807) is 6.07 Å². The third-order valence-electron chi connectivity index (χ3n) is 6.63. The van der Waals surface area contributed by atoms with E-state index in [0.29, 0.717) is 21.9 Å². The van der Waals surface area contributed by atoms with Crippen LogP contribution in [0.25, 0.3) is 0 Å². The Balaban J connectivity index is 1.57. The number of pyridine rings is 1. The zero-order valence-electron chi connectivity index (χ0n) is 19.9. The van der Waals surface area contributed by atoms with Crippen molar-refractivity contribution in [3.05, 3.63) is 76.3 Å². The van der Waals surface area contributed by atoms with E-state index in [1.165, 1.54) is 36.9 Å². The maximum Gasteiger partial charge on any atom is 0.250 e. The molecule has 0 radical (unpaired) electrons. The highest BCUT2D eigenvalue weighted by molar-refractivity contribution is 7.80. The first kappa shape index (κ1) is 23.8. The maximum absolute atomic E-state index is 12.0. The standard InChI is InChI=1S/C26H28ClN5O2S/c1-15-12-19(16(2)31(15)17-7-8-17)25-24(22-6-4-5-11-28-22)30-26(35)32(25)18-9-10-21(20(27)13-18)29-23(33)14-34-3/h4-6,9-13,17,24-25H,7-8,14H2,1-3H3,(H,29,33)(H,30,35)/t24-,25-/m1/s1. The molecular weight excluding hydrogens is 482 g/mol. The Kier molecular flexibility index (Phi) is 6.53. The van der Waals surface area contributed by atoms with Crippen LogP contribution in [-0.4, -0.2) is 34.3 Å². The molecule has 2 N–H and O–H groups in total. The smallest absolute Gasteiger partial charge is 0.250 e. The van der Waals surface area contributed by atoms with Crippen LogP contribution in [0.1, 0.15) is 53.6 Å². The molecule has 3 heterocycles. The topological polar surface area (TPSA) is 71.4 Å². The van der Waals surface area contributed by atoms with Gasteiger partial charge in [0.15, 0.2) is 5.11 Å². The summed E-state index contributed by atoms with van der Waals surface area (Å²) in [6.45, 7) is 4.32. The zero-order valence-corrected chi connectivity index (χ0v) is 21.5. The summed E-state index contributed by atoms with van der Waals surface area (Å²) in [4.78, 5) is 18.7. The van der Waals surface area contributed by atoms with Crippen molar-refractivity contribution in [3.8, 4) is 0 Å². The molecule has 182 valence electrons. The Bertz CT molecular complexity index is 1270. The Morgan fingerprint density at radius 2 is 2.06 bits per heavy atom. The van der Waals surface area contributed by atoms with E-state index in [1.807, 2.05) is 36.5 Å². The van der Waals surface area contributed by atoms with Crippen molar-refractivity contribution in [3.63, 3.8) is 0 Å². The minimum Gasteiger partial charge on any atom is -0.375 e. The number of anilines is 2. The first-order valence-electron chi connectivity index (χ1n) is 11.7. The van der Waals surface area contributed by atoms with Crippen LogP contribution in [0.2, 0.25) is 5.02 Å². The van der Waals surface area contributed by atoms with Gasteiger partial charge in [-0.3, -0.25) is 9.78 Å². The maximum atomic E-state index is 12.0. The number of thiocarbonyl (C=S) groups is 1. The van der Waals surface area contributed by atoms with Crippen LogP contribution in [0.15, 0.2) is 48.7 Å². The average Bonchev–Trinajstić information content (AvgIpc) is 3.54. The second-order valence-electron chi connectivity index (χ2n) is 9.07. The van der Waals surface area contributed by atoms with Crippen molar-refractivity contribution >= 4 is 46.2 Å². The first-order valence-corrected chi connectivity index (χ1v) is 12.4. The molecule has 5 rings (SSSR count). The van der Waals surface area contributed by atoms with E-state index >= 15 is 0 Å². The minimum absolute atomic E-state index is 0.0390. The Morgan fingerprint density at radius 3 is 2.71 bits per heavy atom. The molecule has 35 heavy (non-hydrogen) atoms. The van der Waals surface area contributed by atoms with E-state index in [9.17, 15) is 4.79 Å².